The van der Waals surface area contributed by atoms with E-state index in [2.05, 4.69) is 44.5 Å². The maximum Gasteiger partial charge on any atom is 0.305 e. The average Bonchev–Trinajstić information content (AvgIpc) is 3.21. The molecule has 0 aromatic carbocycles. The van der Waals surface area contributed by atoms with Crippen LogP contribution in [0.2, 0.25) is 0 Å². The van der Waals surface area contributed by atoms with Crippen molar-refractivity contribution in [1.82, 2.24) is 19.8 Å². The molecule has 2 rings (SSSR count). The lowest BCUT2D eigenvalue weighted by atomic mass is 9.93. The van der Waals surface area contributed by atoms with E-state index in [-0.39, 0.29) is 5.97 Å². The van der Waals surface area contributed by atoms with Crippen molar-refractivity contribution in [3.8, 4) is 0 Å². The van der Waals surface area contributed by atoms with Crippen LogP contribution in [0.3, 0.4) is 0 Å². The molecule has 1 N–H and O–H groups in total. The van der Waals surface area contributed by atoms with Gasteiger partial charge in [-0.3, -0.25) is 9.79 Å². The normalized spacial score (nSPS) is 20.6. The standard InChI is InChI=1S/C20H35N5O2/c1-4-22-20(23-11-8-6-5-7-9-19(26)27-3)24-13-10-17(2)18(15-24)25-14-12-21-16-25/h12,14,16-18H,4-11,13,15H2,1-3H3,(H,22,23). The van der Waals surface area contributed by atoms with Gasteiger partial charge in [-0.1, -0.05) is 19.8 Å². The van der Waals surface area contributed by atoms with Gasteiger partial charge in [0, 0.05) is 45.0 Å². The second kappa shape index (κ2) is 11.6. The average molecular weight is 378 g/mol. The Hall–Kier alpha value is -2.05. The minimum absolute atomic E-state index is 0.116. The molecule has 2 heterocycles. The summed E-state index contributed by atoms with van der Waals surface area (Å²) in [6.45, 7) is 8.13. The van der Waals surface area contributed by atoms with Crippen LogP contribution in [0, 0.1) is 5.92 Å². The summed E-state index contributed by atoms with van der Waals surface area (Å²) >= 11 is 0. The molecule has 1 aliphatic rings. The molecule has 0 radical (unpaired) electrons. The Balaban J connectivity index is 1.81. The van der Waals surface area contributed by atoms with Crippen LogP contribution in [0.4, 0.5) is 0 Å². The number of aliphatic imine (C=N–C) groups is 1. The molecule has 1 aromatic rings. The fourth-order valence-corrected chi connectivity index (χ4v) is 3.54. The van der Waals surface area contributed by atoms with Gasteiger partial charge in [-0.05, 0) is 32.1 Å². The van der Waals surface area contributed by atoms with Crippen LogP contribution in [0.1, 0.15) is 58.4 Å². The van der Waals surface area contributed by atoms with Crippen LogP contribution < -0.4 is 5.32 Å². The Morgan fingerprint density at radius 3 is 2.85 bits per heavy atom. The molecular weight excluding hydrogens is 342 g/mol. The highest BCUT2D eigenvalue weighted by molar-refractivity contribution is 5.80. The molecule has 0 amide bonds. The number of carbonyl (C=O) groups excluding carboxylic acids is 1. The molecule has 1 aliphatic heterocycles. The van der Waals surface area contributed by atoms with Gasteiger partial charge in [0.25, 0.3) is 0 Å². The molecule has 0 bridgehead atoms. The molecule has 2 unspecified atom stereocenters. The number of nitrogens with one attached hydrogen (secondary N) is 1. The van der Waals surface area contributed by atoms with Crippen molar-refractivity contribution in [2.75, 3.05) is 33.3 Å². The van der Waals surface area contributed by atoms with Crippen molar-refractivity contribution < 1.29 is 9.53 Å². The van der Waals surface area contributed by atoms with Crippen molar-refractivity contribution in [2.45, 2.75) is 58.4 Å². The number of aromatic nitrogens is 2. The largest absolute Gasteiger partial charge is 0.469 e. The third kappa shape index (κ3) is 6.88. The Bertz CT molecular complexity index is 573. The van der Waals surface area contributed by atoms with E-state index >= 15 is 0 Å². The Labute approximate surface area is 163 Å². The summed E-state index contributed by atoms with van der Waals surface area (Å²) < 4.78 is 6.89. The van der Waals surface area contributed by atoms with E-state index < -0.39 is 0 Å². The van der Waals surface area contributed by atoms with Crippen LogP contribution in [-0.4, -0.2) is 59.7 Å². The summed E-state index contributed by atoms with van der Waals surface area (Å²) in [6.07, 6.45) is 11.6. The number of guanidine groups is 1. The van der Waals surface area contributed by atoms with Crippen molar-refractivity contribution in [3.05, 3.63) is 18.7 Å². The SMILES string of the molecule is CCNC(=NCCCCCCC(=O)OC)N1CCC(C)C(n2ccnc2)C1. The van der Waals surface area contributed by atoms with E-state index in [0.717, 1.165) is 64.2 Å². The van der Waals surface area contributed by atoms with Crippen LogP contribution in [-0.2, 0) is 9.53 Å². The van der Waals surface area contributed by atoms with Crippen molar-refractivity contribution >= 4 is 11.9 Å². The molecule has 0 saturated carbocycles. The van der Waals surface area contributed by atoms with Gasteiger partial charge in [-0.25, -0.2) is 4.98 Å². The van der Waals surface area contributed by atoms with Gasteiger partial charge in [0.1, 0.15) is 0 Å². The summed E-state index contributed by atoms with van der Waals surface area (Å²) in [5.41, 5.74) is 0. The second-order valence-corrected chi connectivity index (χ2v) is 7.27. The van der Waals surface area contributed by atoms with Crippen LogP contribution >= 0.6 is 0 Å². The molecule has 152 valence electrons. The first-order valence-electron chi connectivity index (χ1n) is 10.2. The molecule has 2 atom stereocenters. The highest BCUT2D eigenvalue weighted by Gasteiger charge is 2.28. The summed E-state index contributed by atoms with van der Waals surface area (Å²) in [5.74, 6) is 1.53. The predicted octanol–water partition coefficient (Wildman–Crippen LogP) is 2.86. The molecular formula is C20H35N5O2. The van der Waals surface area contributed by atoms with Gasteiger partial charge in [0.05, 0.1) is 19.5 Å². The zero-order valence-electron chi connectivity index (χ0n) is 17.1. The van der Waals surface area contributed by atoms with Crippen molar-refractivity contribution in [2.24, 2.45) is 10.9 Å². The van der Waals surface area contributed by atoms with E-state index in [9.17, 15) is 4.79 Å². The van der Waals surface area contributed by atoms with Crippen LogP contribution in [0.5, 0.6) is 0 Å². The molecule has 1 fully saturated rings. The van der Waals surface area contributed by atoms with Gasteiger partial charge in [-0.15, -0.1) is 0 Å². The van der Waals surface area contributed by atoms with Crippen molar-refractivity contribution in [3.63, 3.8) is 0 Å². The Morgan fingerprint density at radius 2 is 2.15 bits per heavy atom. The van der Waals surface area contributed by atoms with Gasteiger partial charge >= 0.3 is 5.97 Å². The Kier molecular flexibility index (Phi) is 9.15. The number of methoxy groups -OCH3 is 1. The highest BCUT2D eigenvalue weighted by Crippen LogP contribution is 2.27. The number of piperidine rings is 1. The summed E-state index contributed by atoms with van der Waals surface area (Å²) in [7, 11) is 1.44. The molecule has 27 heavy (non-hydrogen) atoms. The van der Waals surface area contributed by atoms with Gasteiger partial charge in [-0.2, -0.15) is 0 Å². The van der Waals surface area contributed by atoms with E-state index in [0.29, 0.717) is 18.4 Å². The zero-order valence-corrected chi connectivity index (χ0v) is 17.1. The summed E-state index contributed by atoms with van der Waals surface area (Å²) in [4.78, 5) is 22.5. The number of carbonyl (C=O) groups is 1. The number of rotatable bonds is 9. The lowest BCUT2D eigenvalue weighted by molar-refractivity contribution is -0.140. The monoisotopic (exact) mass is 377 g/mol. The van der Waals surface area contributed by atoms with E-state index in [4.69, 9.17) is 4.99 Å². The first kappa shape index (κ1) is 21.3. The number of hydrogen-bond donors (Lipinski definition) is 1. The molecule has 7 nitrogen and oxygen atoms in total. The van der Waals surface area contributed by atoms with Gasteiger partial charge < -0.3 is 19.5 Å². The van der Waals surface area contributed by atoms with Gasteiger partial charge in [0.15, 0.2) is 5.96 Å². The lowest BCUT2D eigenvalue weighted by Gasteiger charge is -2.39. The first-order chi connectivity index (χ1) is 13.2. The fourth-order valence-electron chi connectivity index (χ4n) is 3.54. The van der Waals surface area contributed by atoms with Crippen molar-refractivity contribution in [1.29, 1.82) is 0 Å². The molecule has 1 saturated heterocycles. The molecule has 0 aliphatic carbocycles. The molecule has 0 spiro atoms. The quantitative estimate of drug-likeness (QED) is 0.310. The first-order valence-corrected chi connectivity index (χ1v) is 10.2. The maximum absolute atomic E-state index is 11.1. The third-order valence-corrected chi connectivity index (χ3v) is 5.24. The molecule has 7 heteroatoms. The van der Waals surface area contributed by atoms with Crippen LogP contribution in [0.15, 0.2) is 23.7 Å². The van der Waals surface area contributed by atoms with E-state index in [1.807, 2.05) is 12.5 Å². The maximum atomic E-state index is 11.1. The number of unbranched alkanes of at least 4 members (excludes halogenated alkanes) is 3. The van der Waals surface area contributed by atoms with Gasteiger partial charge in [0.2, 0.25) is 0 Å². The number of imidazole rings is 1. The smallest absolute Gasteiger partial charge is 0.305 e. The minimum Gasteiger partial charge on any atom is -0.469 e. The number of nitrogens with zero attached hydrogens (tertiary/aromatic N) is 4. The Morgan fingerprint density at radius 1 is 1.33 bits per heavy atom. The number of hydrogen-bond acceptors (Lipinski definition) is 4. The number of likely N-dealkylation sites (tertiary alicyclic amines) is 1. The third-order valence-electron chi connectivity index (χ3n) is 5.24. The van der Waals surface area contributed by atoms with Crippen LogP contribution in [0.25, 0.3) is 0 Å². The fraction of sp³-hybridized carbons (Fsp3) is 0.750. The molecule has 1 aromatic heterocycles. The second-order valence-electron chi connectivity index (χ2n) is 7.27. The zero-order chi connectivity index (χ0) is 19.5. The lowest BCUT2D eigenvalue weighted by Crippen LogP contribution is -2.49. The van der Waals surface area contributed by atoms with E-state index in [1.54, 1.807) is 0 Å². The van der Waals surface area contributed by atoms with E-state index in [1.165, 1.54) is 7.11 Å². The number of esters is 1. The summed E-state index contributed by atoms with van der Waals surface area (Å²) in [5, 5.41) is 3.45. The minimum atomic E-state index is -0.116. The predicted molar refractivity (Wildman–Crippen MR) is 108 cm³/mol. The highest BCUT2D eigenvalue weighted by atomic mass is 16.5. The summed E-state index contributed by atoms with van der Waals surface area (Å²) in [6, 6.07) is 0.434. The topological polar surface area (TPSA) is 71.8 Å². The number of ether oxygens (including phenoxy) is 1.